The van der Waals surface area contributed by atoms with Gasteiger partial charge in [-0.25, -0.2) is 0 Å². The number of benzene rings is 2. The standard InChI is InChI=1S/C27H32N4O2/c1-20-7-11-25(23-10-12-26(32)29-27(20)23)33-18-4-13-30-14-16-31(17-15-30)19-22-9-8-21-5-2-3-6-24(21)28-22/h2-3,5-9,11H,4,10,12-19H2,1H3,(H,29,32). The summed E-state index contributed by atoms with van der Waals surface area (Å²) in [6.07, 6.45) is 2.29. The van der Waals surface area contributed by atoms with Crippen LogP contribution in [0, 0.1) is 6.92 Å². The van der Waals surface area contributed by atoms with Crippen molar-refractivity contribution in [1.29, 1.82) is 0 Å². The van der Waals surface area contributed by atoms with Crippen LogP contribution >= 0.6 is 0 Å². The Labute approximate surface area is 195 Å². The number of hydrogen-bond acceptors (Lipinski definition) is 5. The van der Waals surface area contributed by atoms with E-state index in [0.29, 0.717) is 13.0 Å². The molecule has 2 aliphatic rings. The van der Waals surface area contributed by atoms with E-state index in [0.717, 1.165) is 85.9 Å². The number of aromatic nitrogens is 1. The number of piperazine rings is 1. The maximum Gasteiger partial charge on any atom is 0.224 e. The lowest BCUT2D eigenvalue weighted by Crippen LogP contribution is -2.46. The first kappa shape index (κ1) is 21.9. The van der Waals surface area contributed by atoms with E-state index >= 15 is 0 Å². The van der Waals surface area contributed by atoms with Crippen molar-refractivity contribution in [3.05, 3.63) is 65.4 Å². The Morgan fingerprint density at radius 3 is 2.67 bits per heavy atom. The number of nitrogens with zero attached hydrogens (tertiary/aromatic N) is 3. The number of ether oxygens (including phenoxy) is 1. The zero-order valence-electron chi connectivity index (χ0n) is 19.3. The van der Waals surface area contributed by atoms with Crippen LogP contribution in [0.2, 0.25) is 0 Å². The summed E-state index contributed by atoms with van der Waals surface area (Å²) in [5.41, 5.74) is 5.41. The molecule has 2 aliphatic heterocycles. The number of rotatable bonds is 7. The van der Waals surface area contributed by atoms with Gasteiger partial charge >= 0.3 is 0 Å². The molecule has 6 heteroatoms. The van der Waals surface area contributed by atoms with Gasteiger partial charge in [-0.2, -0.15) is 0 Å². The van der Waals surface area contributed by atoms with Crippen molar-refractivity contribution in [3.63, 3.8) is 0 Å². The molecule has 3 heterocycles. The van der Waals surface area contributed by atoms with Gasteiger partial charge in [-0.1, -0.05) is 30.3 Å². The fourth-order valence-corrected chi connectivity index (χ4v) is 4.81. The van der Waals surface area contributed by atoms with Crippen LogP contribution < -0.4 is 10.1 Å². The second kappa shape index (κ2) is 9.89. The van der Waals surface area contributed by atoms with Crippen molar-refractivity contribution < 1.29 is 9.53 Å². The van der Waals surface area contributed by atoms with Gasteiger partial charge in [-0.05, 0) is 43.5 Å². The molecule has 0 aliphatic carbocycles. The van der Waals surface area contributed by atoms with Crippen LogP contribution in [0.3, 0.4) is 0 Å². The predicted octanol–water partition coefficient (Wildman–Crippen LogP) is 4.01. The molecule has 1 saturated heterocycles. The molecule has 1 fully saturated rings. The maximum atomic E-state index is 11.7. The number of para-hydroxylation sites is 1. The average Bonchev–Trinajstić information content (AvgIpc) is 2.84. The van der Waals surface area contributed by atoms with Crippen molar-refractivity contribution in [2.45, 2.75) is 32.7 Å². The first-order valence-corrected chi connectivity index (χ1v) is 12.0. The van der Waals surface area contributed by atoms with E-state index in [4.69, 9.17) is 9.72 Å². The van der Waals surface area contributed by atoms with Gasteiger partial charge in [0.2, 0.25) is 5.91 Å². The highest BCUT2D eigenvalue weighted by Crippen LogP contribution is 2.34. The minimum absolute atomic E-state index is 0.0956. The SMILES string of the molecule is Cc1ccc(OCCCN2CCN(Cc3ccc4ccccc4n3)CC2)c2c1NC(=O)CC2. The molecule has 0 radical (unpaired) electrons. The number of fused-ring (bicyclic) bond motifs is 2. The minimum atomic E-state index is 0.0956. The Morgan fingerprint density at radius 2 is 1.79 bits per heavy atom. The van der Waals surface area contributed by atoms with Gasteiger partial charge in [-0.15, -0.1) is 0 Å². The van der Waals surface area contributed by atoms with Crippen LogP contribution in [0.1, 0.15) is 29.7 Å². The fraction of sp³-hybridized carbons (Fsp3) is 0.407. The third kappa shape index (κ3) is 5.18. The van der Waals surface area contributed by atoms with Crippen molar-refractivity contribution >= 4 is 22.5 Å². The van der Waals surface area contributed by atoms with Crippen molar-refractivity contribution in [2.75, 3.05) is 44.6 Å². The summed E-state index contributed by atoms with van der Waals surface area (Å²) >= 11 is 0. The summed E-state index contributed by atoms with van der Waals surface area (Å²) in [7, 11) is 0. The molecule has 0 saturated carbocycles. The topological polar surface area (TPSA) is 57.7 Å². The summed E-state index contributed by atoms with van der Waals surface area (Å²) in [5.74, 6) is 1.02. The van der Waals surface area contributed by atoms with Crippen LogP contribution in [0.5, 0.6) is 5.75 Å². The van der Waals surface area contributed by atoms with E-state index in [-0.39, 0.29) is 5.91 Å². The zero-order valence-corrected chi connectivity index (χ0v) is 19.3. The molecule has 2 aromatic carbocycles. The van der Waals surface area contributed by atoms with Gasteiger partial charge in [0.1, 0.15) is 5.75 Å². The summed E-state index contributed by atoms with van der Waals surface area (Å²) in [4.78, 5) is 21.6. The molecule has 1 N–H and O–H groups in total. The molecule has 172 valence electrons. The highest BCUT2D eigenvalue weighted by atomic mass is 16.5. The van der Waals surface area contributed by atoms with Crippen LogP contribution in [0.25, 0.3) is 10.9 Å². The second-order valence-electron chi connectivity index (χ2n) is 9.10. The van der Waals surface area contributed by atoms with Crippen LogP contribution in [-0.4, -0.2) is 60.0 Å². The Kier molecular flexibility index (Phi) is 6.55. The smallest absolute Gasteiger partial charge is 0.224 e. The van der Waals surface area contributed by atoms with E-state index in [9.17, 15) is 4.79 Å². The molecular formula is C27H32N4O2. The molecule has 6 nitrogen and oxygen atoms in total. The van der Waals surface area contributed by atoms with E-state index < -0.39 is 0 Å². The summed E-state index contributed by atoms with van der Waals surface area (Å²) < 4.78 is 6.12. The van der Waals surface area contributed by atoms with E-state index in [2.05, 4.69) is 45.4 Å². The highest BCUT2D eigenvalue weighted by Gasteiger charge is 2.21. The minimum Gasteiger partial charge on any atom is -0.493 e. The maximum absolute atomic E-state index is 11.7. The number of nitrogens with one attached hydrogen (secondary N) is 1. The predicted molar refractivity (Wildman–Crippen MR) is 132 cm³/mol. The van der Waals surface area contributed by atoms with Crippen molar-refractivity contribution in [1.82, 2.24) is 14.8 Å². The summed E-state index contributed by atoms with van der Waals surface area (Å²) in [6, 6.07) is 16.7. The molecular weight excluding hydrogens is 412 g/mol. The van der Waals surface area contributed by atoms with E-state index in [1.807, 2.05) is 25.1 Å². The Hall–Kier alpha value is -2.96. The normalized spacial score (nSPS) is 17.1. The molecule has 0 spiro atoms. The van der Waals surface area contributed by atoms with Crippen LogP contribution in [-0.2, 0) is 17.8 Å². The first-order valence-electron chi connectivity index (χ1n) is 12.0. The van der Waals surface area contributed by atoms with Gasteiger partial charge in [0.05, 0.1) is 23.5 Å². The molecule has 0 bridgehead atoms. The third-order valence-electron chi connectivity index (χ3n) is 6.73. The lowest BCUT2D eigenvalue weighted by molar-refractivity contribution is -0.116. The third-order valence-corrected chi connectivity index (χ3v) is 6.73. The van der Waals surface area contributed by atoms with Crippen LogP contribution in [0.15, 0.2) is 48.5 Å². The van der Waals surface area contributed by atoms with Gasteiger partial charge in [0, 0.05) is 56.6 Å². The summed E-state index contributed by atoms with van der Waals surface area (Å²) in [6.45, 7) is 9.00. The van der Waals surface area contributed by atoms with Gasteiger partial charge in [0.25, 0.3) is 0 Å². The first-order chi connectivity index (χ1) is 16.2. The molecule has 0 atom stereocenters. The lowest BCUT2D eigenvalue weighted by Gasteiger charge is -2.34. The largest absolute Gasteiger partial charge is 0.493 e. The monoisotopic (exact) mass is 444 g/mol. The summed E-state index contributed by atoms with van der Waals surface area (Å²) in [5, 5.41) is 4.20. The van der Waals surface area contributed by atoms with Gasteiger partial charge in [0.15, 0.2) is 0 Å². The Balaban J connectivity index is 1.06. The van der Waals surface area contributed by atoms with E-state index in [1.54, 1.807) is 0 Å². The van der Waals surface area contributed by atoms with Gasteiger partial charge in [-0.3, -0.25) is 14.7 Å². The zero-order chi connectivity index (χ0) is 22.6. The number of pyridine rings is 1. The number of aryl methyl sites for hydroxylation is 1. The average molecular weight is 445 g/mol. The van der Waals surface area contributed by atoms with Gasteiger partial charge < -0.3 is 15.0 Å². The number of anilines is 1. The molecule has 1 aromatic heterocycles. The fourth-order valence-electron chi connectivity index (χ4n) is 4.81. The quantitative estimate of drug-likeness (QED) is 0.558. The van der Waals surface area contributed by atoms with Crippen LogP contribution in [0.4, 0.5) is 5.69 Å². The number of carbonyl (C=O) groups is 1. The number of amides is 1. The van der Waals surface area contributed by atoms with Crippen molar-refractivity contribution in [3.8, 4) is 5.75 Å². The lowest BCUT2D eigenvalue weighted by atomic mass is 9.98. The number of carbonyl (C=O) groups excluding carboxylic acids is 1. The molecule has 5 rings (SSSR count). The second-order valence-corrected chi connectivity index (χ2v) is 9.10. The molecule has 0 unspecified atom stereocenters. The van der Waals surface area contributed by atoms with E-state index in [1.165, 1.54) is 5.39 Å². The highest BCUT2D eigenvalue weighted by molar-refractivity contribution is 5.95. The Bertz CT molecular complexity index is 1140. The van der Waals surface area contributed by atoms with Crippen molar-refractivity contribution in [2.24, 2.45) is 0 Å². The number of hydrogen-bond donors (Lipinski definition) is 1. The molecule has 33 heavy (non-hydrogen) atoms. The molecule has 1 amide bonds. The Morgan fingerprint density at radius 1 is 0.970 bits per heavy atom. The molecule has 3 aromatic rings.